The van der Waals surface area contributed by atoms with Crippen molar-refractivity contribution in [2.24, 2.45) is 0 Å². The van der Waals surface area contributed by atoms with Crippen LogP contribution < -0.4 is 0 Å². The van der Waals surface area contributed by atoms with Gasteiger partial charge in [-0.15, -0.1) is 0 Å². The fourth-order valence-corrected chi connectivity index (χ4v) is 2.36. The minimum absolute atomic E-state index is 0.350. The molecule has 1 aliphatic carbocycles. The van der Waals surface area contributed by atoms with Gasteiger partial charge in [0.2, 0.25) is 0 Å². The fraction of sp³-hybridized carbons (Fsp3) is 1.00. The molecule has 0 bridgehead atoms. The number of aliphatic hydroxyl groups is 2. The molecule has 1 fully saturated rings. The van der Waals surface area contributed by atoms with Crippen LogP contribution in [0.3, 0.4) is 0 Å². The van der Waals surface area contributed by atoms with Crippen LogP contribution in [-0.4, -0.2) is 60.7 Å². The number of likely N-dealkylation sites (N-methyl/N-ethyl adjacent to an activating group) is 1. The van der Waals surface area contributed by atoms with Crippen molar-refractivity contribution in [3.63, 3.8) is 0 Å². The average molecular weight is 217 g/mol. The van der Waals surface area contributed by atoms with Crippen molar-refractivity contribution in [1.29, 1.82) is 0 Å². The molecule has 0 radical (unpaired) electrons. The van der Waals surface area contributed by atoms with E-state index >= 15 is 0 Å². The summed E-state index contributed by atoms with van der Waals surface area (Å²) in [5.74, 6) is 0. The Balaban J connectivity index is 2.25. The van der Waals surface area contributed by atoms with Gasteiger partial charge in [-0.05, 0) is 19.9 Å². The van der Waals surface area contributed by atoms with Crippen molar-refractivity contribution in [2.75, 3.05) is 33.9 Å². The molecule has 0 spiro atoms. The van der Waals surface area contributed by atoms with Gasteiger partial charge in [0.05, 0.1) is 18.3 Å². The third kappa shape index (κ3) is 4.47. The summed E-state index contributed by atoms with van der Waals surface area (Å²) in [7, 11) is 3.50. The van der Waals surface area contributed by atoms with E-state index in [1.807, 2.05) is 11.9 Å². The molecule has 0 aromatic heterocycles. The predicted octanol–water partition coefficient (Wildman–Crippen LogP) is 0.231. The topological polar surface area (TPSA) is 52.9 Å². The lowest BCUT2D eigenvalue weighted by atomic mass is 10.0. The van der Waals surface area contributed by atoms with Gasteiger partial charge < -0.3 is 19.8 Å². The van der Waals surface area contributed by atoms with E-state index in [2.05, 4.69) is 0 Å². The van der Waals surface area contributed by atoms with Crippen LogP contribution in [0.2, 0.25) is 0 Å². The Hall–Kier alpha value is -0.160. The van der Waals surface area contributed by atoms with Crippen molar-refractivity contribution in [3.05, 3.63) is 0 Å². The van der Waals surface area contributed by atoms with Crippen molar-refractivity contribution < 1.29 is 14.9 Å². The molecule has 0 saturated heterocycles. The predicted molar refractivity (Wildman–Crippen MR) is 58.8 cm³/mol. The molecule has 1 saturated carbocycles. The Morgan fingerprint density at radius 2 is 2.00 bits per heavy atom. The number of ether oxygens (including phenoxy) is 1. The molecule has 1 aliphatic rings. The smallest absolute Gasteiger partial charge is 0.0899 e. The van der Waals surface area contributed by atoms with E-state index in [1.54, 1.807) is 7.11 Å². The van der Waals surface area contributed by atoms with Gasteiger partial charge >= 0.3 is 0 Å². The lowest BCUT2D eigenvalue weighted by molar-refractivity contribution is -0.00683. The van der Waals surface area contributed by atoms with Gasteiger partial charge in [0.25, 0.3) is 0 Å². The van der Waals surface area contributed by atoms with Crippen LogP contribution in [0.5, 0.6) is 0 Å². The average Bonchev–Trinajstić information content (AvgIpc) is 2.51. The third-order valence-electron chi connectivity index (χ3n) is 2.98. The molecule has 90 valence electrons. The molecule has 4 nitrogen and oxygen atoms in total. The number of rotatable bonds is 6. The summed E-state index contributed by atoms with van der Waals surface area (Å²) in [6.45, 7) is 1.55. The summed E-state index contributed by atoms with van der Waals surface area (Å²) in [4.78, 5) is 1.98. The van der Waals surface area contributed by atoms with Crippen LogP contribution in [0.1, 0.15) is 25.7 Å². The summed E-state index contributed by atoms with van der Waals surface area (Å²) in [5, 5.41) is 19.7. The Morgan fingerprint density at radius 3 is 2.53 bits per heavy atom. The summed E-state index contributed by atoms with van der Waals surface area (Å²) < 4.78 is 4.86. The molecule has 1 unspecified atom stereocenters. The summed E-state index contributed by atoms with van der Waals surface area (Å²) in [6, 6.07) is 0. The van der Waals surface area contributed by atoms with Crippen LogP contribution in [0.15, 0.2) is 0 Å². The molecule has 4 heteroatoms. The van der Waals surface area contributed by atoms with E-state index in [1.165, 1.54) is 0 Å². The molecule has 0 aromatic carbocycles. The van der Waals surface area contributed by atoms with E-state index in [4.69, 9.17) is 4.74 Å². The summed E-state index contributed by atoms with van der Waals surface area (Å²) in [6.07, 6.45) is 3.54. The maximum Gasteiger partial charge on any atom is 0.0899 e. The zero-order chi connectivity index (χ0) is 11.3. The van der Waals surface area contributed by atoms with Crippen LogP contribution in [0.25, 0.3) is 0 Å². The second-order valence-corrected chi connectivity index (χ2v) is 4.74. The Morgan fingerprint density at radius 1 is 1.40 bits per heavy atom. The second-order valence-electron chi connectivity index (χ2n) is 4.74. The first-order chi connectivity index (χ1) is 7.06. The first-order valence-corrected chi connectivity index (χ1v) is 5.64. The SMILES string of the molecule is COCC(O)CN(C)CC1(O)CCCC1. The highest BCUT2D eigenvalue weighted by atomic mass is 16.5. The molecule has 0 aromatic rings. The number of aliphatic hydroxyl groups excluding tert-OH is 1. The van der Waals surface area contributed by atoms with Crippen molar-refractivity contribution >= 4 is 0 Å². The fourth-order valence-electron chi connectivity index (χ4n) is 2.36. The highest BCUT2D eigenvalue weighted by molar-refractivity contribution is 4.87. The van der Waals surface area contributed by atoms with Gasteiger partial charge in [-0.25, -0.2) is 0 Å². The van der Waals surface area contributed by atoms with Gasteiger partial charge in [-0.1, -0.05) is 12.8 Å². The molecule has 0 amide bonds. The lowest BCUT2D eigenvalue weighted by Crippen LogP contribution is -2.42. The van der Waals surface area contributed by atoms with Crippen molar-refractivity contribution in [1.82, 2.24) is 4.90 Å². The van der Waals surface area contributed by atoms with Crippen LogP contribution in [-0.2, 0) is 4.74 Å². The van der Waals surface area contributed by atoms with E-state index in [0.717, 1.165) is 25.7 Å². The Kier molecular flexibility index (Phi) is 4.99. The van der Waals surface area contributed by atoms with Crippen LogP contribution in [0, 0.1) is 0 Å². The molecular weight excluding hydrogens is 194 g/mol. The largest absolute Gasteiger partial charge is 0.389 e. The van der Waals surface area contributed by atoms with Crippen molar-refractivity contribution in [3.8, 4) is 0 Å². The lowest BCUT2D eigenvalue weighted by Gasteiger charge is -2.29. The van der Waals surface area contributed by atoms with E-state index in [-0.39, 0.29) is 0 Å². The van der Waals surface area contributed by atoms with Gasteiger partial charge in [0.1, 0.15) is 0 Å². The van der Waals surface area contributed by atoms with Crippen LogP contribution in [0.4, 0.5) is 0 Å². The normalized spacial score (nSPS) is 22.2. The second kappa shape index (κ2) is 5.80. The standard InChI is InChI=1S/C11H23NO3/c1-12(7-10(13)8-15-2)9-11(14)5-3-4-6-11/h10,13-14H,3-9H2,1-2H3. The molecular formula is C11H23NO3. The minimum atomic E-state index is -0.526. The monoisotopic (exact) mass is 217 g/mol. The van der Waals surface area contributed by atoms with E-state index < -0.39 is 11.7 Å². The molecule has 0 heterocycles. The number of hydrogen-bond donors (Lipinski definition) is 2. The first-order valence-electron chi connectivity index (χ1n) is 5.64. The number of nitrogens with zero attached hydrogens (tertiary/aromatic N) is 1. The van der Waals surface area contributed by atoms with Gasteiger partial charge in [0.15, 0.2) is 0 Å². The zero-order valence-electron chi connectivity index (χ0n) is 9.78. The van der Waals surface area contributed by atoms with Crippen molar-refractivity contribution in [2.45, 2.75) is 37.4 Å². The molecule has 0 aliphatic heterocycles. The number of methoxy groups -OCH3 is 1. The maximum absolute atomic E-state index is 10.1. The quantitative estimate of drug-likeness (QED) is 0.669. The van der Waals surface area contributed by atoms with Gasteiger partial charge in [-0.2, -0.15) is 0 Å². The Bertz CT molecular complexity index is 181. The summed E-state index contributed by atoms with van der Waals surface area (Å²) >= 11 is 0. The van der Waals surface area contributed by atoms with E-state index in [9.17, 15) is 10.2 Å². The molecule has 2 N–H and O–H groups in total. The molecule has 1 atom stereocenters. The molecule has 15 heavy (non-hydrogen) atoms. The van der Waals surface area contributed by atoms with Gasteiger partial charge in [-0.3, -0.25) is 0 Å². The number of hydrogen-bond acceptors (Lipinski definition) is 4. The highest BCUT2D eigenvalue weighted by Gasteiger charge is 2.32. The minimum Gasteiger partial charge on any atom is -0.389 e. The van der Waals surface area contributed by atoms with Crippen LogP contribution >= 0.6 is 0 Å². The Labute approximate surface area is 91.8 Å². The third-order valence-corrected chi connectivity index (χ3v) is 2.98. The van der Waals surface area contributed by atoms with E-state index in [0.29, 0.717) is 19.7 Å². The molecule has 1 rings (SSSR count). The first kappa shape index (κ1) is 12.9. The summed E-state index contributed by atoms with van der Waals surface area (Å²) in [5.41, 5.74) is -0.526. The maximum atomic E-state index is 10.1. The zero-order valence-corrected chi connectivity index (χ0v) is 9.78. The van der Waals surface area contributed by atoms with Gasteiger partial charge in [0, 0.05) is 20.2 Å². The highest BCUT2D eigenvalue weighted by Crippen LogP contribution is 2.29.